The predicted molar refractivity (Wildman–Crippen MR) is 75.3 cm³/mol. The van der Waals surface area contributed by atoms with E-state index in [1.54, 1.807) is 49.4 Å². The lowest BCUT2D eigenvalue weighted by Crippen LogP contribution is -2.12. The Kier molecular flexibility index (Phi) is 1.28. The minimum Gasteiger partial charge on any atom is -0.0622 e. The van der Waals surface area contributed by atoms with Crippen LogP contribution in [0.2, 0.25) is 0 Å². The van der Waals surface area contributed by atoms with Gasteiger partial charge in [-0.15, -0.1) is 0 Å². The third-order valence-electron chi connectivity index (χ3n) is 2.66. The lowest BCUT2D eigenvalue weighted by atomic mass is 9.81. The molecule has 0 fully saturated rings. The summed E-state index contributed by atoms with van der Waals surface area (Å²) in [6.45, 7) is -8.05. The molecule has 0 nitrogen and oxygen atoms in total. The quantitative estimate of drug-likeness (QED) is 0.653. The van der Waals surface area contributed by atoms with Gasteiger partial charge in [0.15, 0.2) is 0 Å². The van der Waals surface area contributed by atoms with Gasteiger partial charge in [0.2, 0.25) is 0 Å². The summed E-state index contributed by atoms with van der Waals surface area (Å²) in [5.74, 6) is 0. The van der Waals surface area contributed by atoms with Gasteiger partial charge in [-0.1, -0.05) is 74.7 Å². The Morgan fingerprint density at radius 2 is 1.65 bits per heavy atom. The summed E-state index contributed by atoms with van der Waals surface area (Å²) in [5, 5.41) is 0. The van der Waals surface area contributed by atoms with Gasteiger partial charge in [-0.2, -0.15) is 0 Å². The van der Waals surface area contributed by atoms with Crippen molar-refractivity contribution in [1.29, 1.82) is 0 Å². The SMILES string of the molecule is [2H]C([2H])([2H])C(c1ccc(C)cc1-c1ccccc1)(C([2H])([2H])[2H])C([2H])([2H])[2H]. The first-order valence-corrected chi connectivity index (χ1v) is 5.40. The van der Waals surface area contributed by atoms with E-state index in [1.807, 2.05) is 0 Å². The molecule has 0 aromatic heterocycles. The van der Waals surface area contributed by atoms with Crippen molar-refractivity contribution >= 4 is 0 Å². The molecule has 2 rings (SSSR count). The van der Waals surface area contributed by atoms with E-state index < -0.39 is 26.0 Å². The van der Waals surface area contributed by atoms with E-state index in [2.05, 4.69) is 0 Å². The van der Waals surface area contributed by atoms with Crippen LogP contribution in [0.25, 0.3) is 11.1 Å². The van der Waals surface area contributed by atoms with Crippen molar-refractivity contribution in [2.75, 3.05) is 0 Å². The molecule has 0 saturated heterocycles. The zero-order chi connectivity index (χ0) is 20.0. The van der Waals surface area contributed by atoms with E-state index in [0.29, 0.717) is 11.1 Å². The number of hydrogen-bond acceptors (Lipinski definition) is 0. The Balaban J connectivity index is 3.01. The Bertz CT molecular complexity index is 732. The first kappa shape index (κ1) is 4.97. The number of rotatable bonds is 1. The predicted octanol–water partition coefficient (Wildman–Crippen LogP) is 4.96. The largest absolute Gasteiger partial charge is 0.0622 e. The normalized spacial score (nSPS) is 21.6. The summed E-state index contributed by atoms with van der Waals surface area (Å²) in [6, 6.07) is 13.1. The summed E-state index contributed by atoms with van der Waals surface area (Å²) >= 11 is 0. The maximum Gasteiger partial charge on any atom is 0.0239 e. The zero-order valence-corrected chi connectivity index (χ0v) is 9.62. The summed E-state index contributed by atoms with van der Waals surface area (Å²) in [4.78, 5) is 0. The van der Waals surface area contributed by atoms with Crippen molar-refractivity contribution in [1.82, 2.24) is 0 Å². The van der Waals surface area contributed by atoms with Crippen molar-refractivity contribution in [2.45, 2.75) is 32.9 Å². The van der Waals surface area contributed by atoms with Gasteiger partial charge in [0.25, 0.3) is 0 Å². The van der Waals surface area contributed by atoms with E-state index in [0.717, 1.165) is 5.56 Å². The minimum atomic E-state index is -3.28. The second kappa shape index (κ2) is 4.37. The van der Waals surface area contributed by atoms with Crippen molar-refractivity contribution in [3.63, 3.8) is 0 Å². The highest BCUT2D eigenvalue weighted by atomic mass is 14.2. The average molecular weight is 233 g/mol. The molecule has 0 amide bonds. The summed E-state index contributed by atoms with van der Waals surface area (Å²) in [7, 11) is 0. The molecular weight excluding hydrogens is 204 g/mol. The Hall–Kier alpha value is -1.56. The maximum atomic E-state index is 7.91. The van der Waals surface area contributed by atoms with Crippen LogP contribution in [0.5, 0.6) is 0 Å². The average Bonchev–Trinajstić information content (AvgIpc) is 2.45. The van der Waals surface area contributed by atoms with Gasteiger partial charge < -0.3 is 0 Å². The smallest absolute Gasteiger partial charge is 0.0239 e. The lowest BCUT2D eigenvalue weighted by molar-refractivity contribution is 0.592. The molecule has 0 N–H and O–H groups in total. The summed E-state index contributed by atoms with van der Waals surface area (Å²) < 4.78 is 71.2. The number of benzene rings is 2. The lowest BCUT2D eigenvalue weighted by Gasteiger charge is -2.23. The van der Waals surface area contributed by atoms with Crippen molar-refractivity contribution in [2.24, 2.45) is 0 Å². The van der Waals surface area contributed by atoms with Gasteiger partial charge in [0.1, 0.15) is 0 Å². The molecule has 0 spiro atoms. The molecule has 2 aromatic rings. The zero-order valence-electron chi connectivity index (χ0n) is 18.6. The van der Waals surface area contributed by atoms with Gasteiger partial charge >= 0.3 is 0 Å². The highest BCUT2D eigenvalue weighted by molar-refractivity contribution is 5.69. The van der Waals surface area contributed by atoms with E-state index in [1.165, 1.54) is 6.07 Å². The number of hydrogen-bond donors (Lipinski definition) is 0. The molecule has 88 valence electrons. The molecule has 0 bridgehead atoms. The van der Waals surface area contributed by atoms with Crippen LogP contribution in [-0.2, 0) is 5.41 Å². The van der Waals surface area contributed by atoms with E-state index in [4.69, 9.17) is 12.3 Å². The van der Waals surface area contributed by atoms with Crippen LogP contribution in [-0.4, -0.2) is 0 Å². The van der Waals surface area contributed by atoms with Crippen LogP contribution < -0.4 is 0 Å². The first-order valence-electron chi connectivity index (χ1n) is 9.90. The van der Waals surface area contributed by atoms with Crippen molar-refractivity contribution < 1.29 is 12.3 Å². The molecule has 0 unspecified atom stereocenters. The fourth-order valence-electron chi connectivity index (χ4n) is 1.84. The van der Waals surface area contributed by atoms with Gasteiger partial charge in [-0.05, 0) is 29.0 Å². The van der Waals surface area contributed by atoms with Crippen molar-refractivity contribution in [3.05, 3.63) is 59.7 Å². The molecule has 0 radical (unpaired) electrons. The van der Waals surface area contributed by atoms with Crippen LogP contribution in [0.4, 0.5) is 0 Å². The minimum absolute atomic E-state index is 0.214. The molecule has 17 heavy (non-hydrogen) atoms. The molecule has 0 aliphatic rings. The second-order valence-electron chi connectivity index (χ2n) is 4.17. The van der Waals surface area contributed by atoms with Crippen LogP contribution in [0.1, 0.15) is 44.0 Å². The maximum absolute atomic E-state index is 7.91. The van der Waals surface area contributed by atoms with Crippen LogP contribution in [0.15, 0.2) is 48.5 Å². The Morgan fingerprint density at radius 3 is 2.29 bits per heavy atom. The molecule has 0 atom stereocenters. The van der Waals surface area contributed by atoms with Crippen LogP contribution in [0.3, 0.4) is 0 Å². The fraction of sp³-hybridized carbons (Fsp3) is 0.294. The van der Waals surface area contributed by atoms with Crippen LogP contribution >= 0.6 is 0 Å². The van der Waals surface area contributed by atoms with E-state index in [-0.39, 0.29) is 5.56 Å². The summed E-state index contributed by atoms with van der Waals surface area (Å²) in [5.41, 5.74) is -1.59. The van der Waals surface area contributed by atoms with E-state index >= 15 is 0 Å². The molecule has 0 saturated carbocycles. The fourth-order valence-corrected chi connectivity index (χ4v) is 1.84. The first-order chi connectivity index (χ1) is 11.7. The van der Waals surface area contributed by atoms with Crippen LogP contribution in [0, 0.1) is 6.92 Å². The standard InChI is InChI=1S/C17H20/c1-13-10-11-16(17(2,3)4)15(12-13)14-8-6-5-7-9-14/h5-12H,1-4H3/i2D3,3D3,4D3. The second-order valence-corrected chi connectivity index (χ2v) is 4.17. The molecule has 0 aliphatic heterocycles. The van der Waals surface area contributed by atoms with Gasteiger partial charge in [0, 0.05) is 12.3 Å². The molecule has 2 aromatic carbocycles. The highest BCUT2D eigenvalue weighted by Gasteiger charge is 2.18. The number of aryl methyl sites for hydroxylation is 1. The topological polar surface area (TPSA) is 0 Å². The Morgan fingerprint density at radius 1 is 0.941 bits per heavy atom. The third-order valence-corrected chi connectivity index (χ3v) is 2.66. The molecular formula is C17H20. The summed E-state index contributed by atoms with van der Waals surface area (Å²) in [6.07, 6.45) is 0. The third kappa shape index (κ3) is 2.58. The van der Waals surface area contributed by atoms with Gasteiger partial charge in [0.05, 0.1) is 0 Å². The molecule has 0 aliphatic carbocycles. The van der Waals surface area contributed by atoms with Gasteiger partial charge in [-0.25, -0.2) is 0 Å². The van der Waals surface area contributed by atoms with Gasteiger partial charge in [-0.3, -0.25) is 0 Å². The molecule has 0 heterocycles. The molecule has 0 heteroatoms. The highest BCUT2D eigenvalue weighted by Crippen LogP contribution is 2.33. The van der Waals surface area contributed by atoms with Crippen molar-refractivity contribution in [3.8, 4) is 11.1 Å². The van der Waals surface area contributed by atoms with E-state index in [9.17, 15) is 0 Å². The monoisotopic (exact) mass is 233 g/mol. The Labute approximate surface area is 117 Å².